The molecule has 2 aliphatic rings. The lowest BCUT2D eigenvalue weighted by molar-refractivity contribution is -0.176. The molecule has 3 N–H and O–H groups in total. The molecule has 0 bridgehead atoms. The monoisotopic (exact) mass is 596 g/mol. The zero-order valence-electron chi connectivity index (χ0n) is 24.1. The number of urea groups is 1. The Bertz CT molecular complexity index is 1500. The lowest BCUT2D eigenvalue weighted by atomic mass is 10.0. The van der Waals surface area contributed by atoms with Crippen LogP contribution in [0.2, 0.25) is 0 Å². The number of para-hydroxylation sites is 1. The summed E-state index contributed by atoms with van der Waals surface area (Å²) < 4.78 is 5.77. The molecule has 5 rings (SSSR count). The number of hydrogen-bond donors (Lipinski definition) is 3. The number of carbonyl (C=O) groups is 5. The highest BCUT2D eigenvalue weighted by atomic mass is 16.5. The third-order valence-corrected chi connectivity index (χ3v) is 7.55. The predicted octanol–water partition coefficient (Wildman–Crippen LogP) is 3.63. The number of anilines is 1. The number of nitrogens with one attached hydrogen (secondary N) is 3. The number of hydrogen-bond acceptors (Lipinski definition) is 6. The minimum Gasteiger partial charge on any atom is -0.457 e. The van der Waals surface area contributed by atoms with E-state index in [0.717, 1.165) is 10.6 Å². The van der Waals surface area contributed by atoms with Gasteiger partial charge in [-0.15, -0.1) is 0 Å². The molecule has 0 aromatic heterocycles. The fraction of sp³-hybridized carbons (Fsp3) is 0.273. The fourth-order valence-corrected chi connectivity index (χ4v) is 5.33. The Morgan fingerprint density at radius 2 is 1.55 bits per heavy atom. The van der Waals surface area contributed by atoms with Gasteiger partial charge in [-0.05, 0) is 67.6 Å². The number of ketones is 1. The highest BCUT2D eigenvalue weighted by Crippen LogP contribution is 2.26. The van der Waals surface area contributed by atoms with Crippen LogP contribution in [0.3, 0.4) is 0 Å². The quantitative estimate of drug-likeness (QED) is 0.345. The van der Waals surface area contributed by atoms with Gasteiger partial charge in [0.05, 0.1) is 6.04 Å². The van der Waals surface area contributed by atoms with E-state index in [1.165, 1.54) is 5.01 Å². The van der Waals surface area contributed by atoms with Crippen LogP contribution < -0.4 is 20.7 Å². The molecule has 5 amide bonds. The van der Waals surface area contributed by atoms with Crippen LogP contribution in [0.15, 0.2) is 84.9 Å². The van der Waals surface area contributed by atoms with Crippen molar-refractivity contribution in [2.75, 3.05) is 11.9 Å². The summed E-state index contributed by atoms with van der Waals surface area (Å²) in [6.45, 7) is 3.77. The standard InChI is InChI=1S/C33H34N5O6/c1-22(39)28(21-23-9-4-2-5-10-23)35-31(41)29-13-8-20-37-30(40)19-18-27(32(42)38(29)37)36-33(43)34-24-14-16-26(17-15-24)44-25-11-6-3-7-12-25/h2-7,9-12,14-17,27-29H,1,8,13,18-21H2,(H,35,41)(H2,34,36,43)/t27?,28?,29-/m0/s1. The molecular weight excluding hydrogens is 562 g/mol. The van der Waals surface area contributed by atoms with Crippen LogP contribution in [-0.2, 0) is 25.6 Å². The first-order chi connectivity index (χ1) is 21.3. The Hall–Kier alpha value is -5.19. The van der Waals surface area contributed by atoms with Crippen LogP contribution >= 0.6 is 0 Å². The molecule has 3 aromatic rings. The number of rotatable bonds is 9. The first-order valence-electron chi connectivity index (χ1n) is 14.5. The number of amides is 5. The Labute approximate surface area is 255 Å². The molecule has 0 aliphatic carbocycles. The van der Waals surface area contributed by atoms with Gasteiger partial charge in [0.15, 0.2) is 5.78 Å². The van der Waals surface area contributed by atoms with Crippen molar-refractivity contribution >= 4 is 35.2 Å². The maximum Gasteiger partial charge on any atom is 0.319 e. The van der Waals surface area contributed by atoms with Crippen molar-refractivity contribution in [3.05, 3.63) is 97.4 Å². The summed E-state index contributed by atoms with van der Waals surface area (Å²) in [4.78, 5) is 65.5. The number of Topliss-reactive ketones (excluding diaryl/α,β-unsaturated/α-hetero) is 1. The Morgan fingerprint density at radius 3 is 2.23 bits per heavy atom. The van der Waals surface area contributed by atoms with Gasteiger partial charge in [0.25, 0.3) is 5.91 Å². The summed E-state index contributed by atoms with van der Waals surface area (Å²) in [5, 5.41) is 10.6. The largest absolute Gasteiger partial charge is 0.457 e. The topological polar surface area (TPSA) is 137 Å². The van der Waals surface area contributed by atoms with Gasteiger partial charge in [-0.25, -0.2) is 9.80 Å². The van der Waals surface area contributed by atoms with Crippen molar-refractivity contribution in [1.82, 2.24) is 20.7 Å². The number of hydrazine groups is 1. The van der Waals surface area contributed by atoms with Gasteiger partial charge in [0.2, 0.25) is 11.8 Å². The highest BCUT2D eigenvalue weighted by molar-refractivity contribution is 5.98. The summed E-state index contributed by atoms with van der Waals surface area (Å²) in [7, 11) is 0. The van der Waals surface area contributed by atoms with E-state index in [1.54, 1.807) is 24.3 Å². The molecular formula is C33H34N5O6. The second-order valence-electron chi connectivity index (χ2n) is 10.7. The van der Waals surface area contributed by atoms with Gasteiger partial charge in [-0.3, -0.25) is 24.2 Å². The molecule has 3 aromatic carbocycles. The van der Waals surface area contributed by atoms with Crippen LogP contribution in [0.1, 0.15) is 31.2 Å². The lowest BCUT2D eigenvalue weighted by Gasteiger charge is -2.43. The summed E-state index contributed by atoms with van der Waals surface area (Å²) >= 11 is 0. The summed E-state index contributed by atoms with van der Waals surface area (Å²) in [5.41, 5.74) is 1.31. The minimum atomic E-state index is -1.05. The molecule has 0 spiro atoms. The van der Waals surface area contributed by atoms with Crippen molar-refractivity contribution in [2.45, 2.75) is 50.2 Å². The van der Waals surface area contributed by atoms with Crippen molar-refractivity contribution in [1.29, 1.82) is 0 Å². The number of ether oxygens (including phenoxy) is 1. The van der Waals surface area contributed by atoms with Crippen molar-refractivity contribution in [3.8, 4) is 11.5 Å². The second kappa shape index (κ2) is 13.9. The zero-order chi connectivity index (χ0) is 31.1. The van der Waals surface area contributed by atoms with E-state index in [4.69, 9.17) is 4.74 Å². The molecule has 2 fully saturated rings. The van der Waals surface area contributed by atoms with Crippen LogP contribution in [0.25, 0.3) is 0 Å². The molecule has 2 saturated heterocycles. The number of fused-ring (bicyclic) bond motifs is 1. The first-order valence-corrected chi connectivity index (χ1v) is 14.5. The van der Waals surface area contributed by atoms with Gasteiger partial charge in [-0.2, -0.15) is 0 Å². The third kappa shape index (κ3) is 7.41. The van der Waals surface area contributed by atoms with Crippen LogP contribution in [0.4, 0.5) is 10.5 Å². The highest BCUT2D eigenvalue weighted by Gasteiger charge is 2.45. The Morgan fingerprint density at radius 1 is 0.886 bits per heavy atom. The van der Waals surface area contributed by atoms with Crippen LogP contribution in [0, 0.1) is 6.92 Å². The fourth-order valence-electron chi connectivity index (χ4n) is 5.33. The van der Waals surface area contributed by atoms with Gasteiger partial charge < -0.3 is 20.7 Å². The molecule has 227 valence electrons. The normalized spacial score (nSPS) is 18.8. The molecule has 2 unspecified atom stereocenters. The van der Waals surface area contributed by atoms with Gasteiger partial charge in [0.1, 0.15) is 23.6 Å². The van der Waals surface area contributed by atoms with E-state index in [1.807, 2.05) is 60.7 Å². The summed E-state index contributed by atoms with van der Waals surface area (Å²) in [6, 6.07) is 21.6. The third-order valence-electron chi connectivity index (χ3n) is 7.55. The van der Waals surface area contributed by atoms with Crippen molar-refractivity contribution in [2.24, 2.45) is 0 Å². The SMILES string of the molecule is [CH2]C(=O)C(Cc1ccccc1)NC(=O)[C@@H]1CCCN2C(=O)CCC(NC(=O)Nc3ccc(Oc4ccccc4)cc3)C(=O)N12. The smallest absolute Gasteiger partial charge is 0.319 e. The predicted molar refractivity (Wildman–Crippen MR) is 162 cm³/mol. The van der Waals surface area contributed by atoms with Crippen molar-refractivity contribution in [3.63, 3.8) is 0 Å². The Balaban J connectivity index is 1.24. The van der Waals surface area contributed by atoms with Gasteiger partial charge >= 0.3 is 6.03 Å². The molecule has 2 heterocycles. The van der Waals surface area contributed by atoms with E-state index >= 15 is 0 Å². The maximum absolute atomic E-state index is 13.8. The average molecular weight is 597 g/mol. The minimum absolute atomic E-state index is 0.0149. The van der Waals surface area contributed by atoms with E-state index in [-0.39, 0.29) is 31.7 Å². The molecule has 1 radical (unpaired) electrons. The zero-order valence-corrected chi connectivity index (χ0v) is 24.1. The lowest BCUT2D eigenvalue weighted by Crippen LogP contribution is -2.64. The molecule has 44 heavy (non-hydrogen) atoms. The van der Waals surface area contributed by atoms with Crippen molar-refractivity contribution < 1.29 is 28.7 Å². The van der Waals surface area contributed by atoms with Gasteiger partial charge in [-0.1, -0.05) is 48.5 Å². The van der Waals surface area contributed by atoms with E-state index < -0.39 is 41.8 Å². The van der Waals surface area contributed by atoms with E-state index in [9.17, 15) is 24.0 Å². The average Bonchev–Trinajstić information content (AvgIpc) is 3.14. The van der Waals surface area contributed by atoms with E-state index in [2.05, 4.69) is 22.9 Å². The van der Waals surface area contributed by atoms with Gasteiger partial charge in [0, 0.05) is 25.6 Å². The number of carbonyl (C=O) groups excluding carboxylic acids is 5. The molecule has 3 atom stereocenters. The Kier molecular flexibility index (Phi) is 9.53. The molecule has 11 heteroatoms. The van der Waals surface area contributed by atoms with Crippen LogP contribution in [-0.4, -0.2) is 64.2 Å². The summed E-state index contributed by atoms with van der Waals surface area (Å²) in [5.74, 6) is -0.654. The molecule has 2 aliphatic heterocycles. The number of nitrogens with zero attached hydrogens (tertiary/aromatic N) is 2. The molecule has 0 saturated carbocycles. The molecule has 11 nitrogen and oxygen atoms in total. The van der Waals surface area contributed by atoms with E-state index in [0.29, 0.717) is 30.0 Å². The summed E-state index contributed by atoms with van der Waals surface area (Å²) in [6.07, 6.45) is 1.12. The number of benzene rings is 3. The maximum atomic E-state index is 13.8. The first kappa shape index (κ1) is 30.3. The van der Waals surface area contributed by atoms with Crippen LogP contribution in [0.5, 0.6) is 11.5 Å². The second-order valence-corrected chi connectivity index (χ2v) is 10.7.